The molecule has 26 heavy (non-hydrogen) atoms. The Morgan fingerprint density at radius 3 is 2.73 bits per heavy atom. The fourth-order valence-corrected chi connectivity index (χ4v) is 2.75. The summed E-state index contributed by atoms with van der Waals surface area (Å²) in [7, 11) is 0. The van der Waals surface area contributed by atoms with Crippen molar-refractivity contribution in [3.63, 3.8) is 0 Å². The van der Waals surface area contributed by atoms with Crippen molar-refractivity contribution in [2.45, 2.75) is 32.4 Å². The maximum Gasteiger partial charge on any atom is 0.394 e. The molecule has 0 atom stereocenters. The average molecular weight is 366 g/mol. The number of pyridine rings is 1. The van der Waals surface area contributed by atoms with E-state index in [1.54, 1.807) is 24.4 Å². The maximum absolute atomic E-state index is 12.9. The van der Waals surface area contributed by atoms with Gasteiger partial charge in [-0.1, -0.05) is 12.7 Å². The predicted octanol–water partition coefficient (Wildman–Crippen LogP) is 4.45. The number of hydrogen-bond donors (Lipinski definition) is 1. The van der Waals surface area contributed by atoms with E-state index in [1.165, 1.54) is 4.68 Å². The van der Waals surface area contributed by atoms with Crippen LogP contribution in [0.15, 0.2) is 31.0 Å². The third-order valence-corrected chi connectivity index (χ3v) is 4.56. The molecule has 1 saturated carbocycles. The van der Waals surface area contributed by atoms with Gasteiger partial charge in [0.15, 0.2) is 5.82 Å². The zero-order valence-electron chi connectivity index (χ0n) is 14.5. The number of aromatic nitrogens is 3. The Bertz CT molecular complexity index is 781. The van der Waals surface area contributed by atoms with Gasteiger partial charge in [-0.05, 0) is 38.3 Å². The average Bonchev–Trinajstić information content (AvgIpc) is 3.26. The van der Waals surface area contributed by atoms with Crippen LogP contribution in [-0.2, 0) is 0 Å². The molecule has 1 aliphatic rings. The Morgan fingerprint density at radius 1 is 1.35 bits per heavy atom. The molecule has 1 aliphatic carbocycles. The van der Waals surface area contributed by atoms with Crippen molar-refractivity contribution in [3.05, 3.63) is 36.5 Å². The molecular formula is C18H21F3N4O. The number of ether oxygens (including phenoxy) is 1. The predicted molar refractivity (Wildman–Crippen MR) is 93.4 cm³/mol. The number of hydrogen-bond acceptors (Lipinski definition) is 4. The van der Waals surface area contributed by atoms with E-state index in [9.17, 15) is 13.2 Å². The van der Waals surface area contributed by atoms with E-state index >= 15 is 0 Å². The van der Waals surface area contributed by atoms with Gasteiger partial charge in [-0.25, -0.2) is 9.67 Å². The molecule has 3 rings (SSSR count). The second-order valence-electron chi connectivity index (χ2n) is 6.32. The van der Waals surface area contributed by atoms with Crippen LogP contribution in [0.4, 0.5) is 19.0 Å². The number of alkyl halides is 3. The molecule has 1 N–H and O–H groups in total. The molecule has 8 heteroatoms. The van der Waals surface area contributed by atoms with Crippen LogP contribution in [0, 0.1) is 5.41 Å². The van der Waals surface area contributed by atoms with Crippen molar-refractivity contribution in [2.75, 3.05) is 18.5 Å². The van der Waals surface area contributed by atoms with Gasteiger partial charge in [-0.3, -0.25) is 0 Å². The molecule has 140 valence electrons. The third kappa shape index (κ3) is 3.68. The zero-order chi connectivity index (χ0) is 18.8. The van der Waals surface area contributed by atoms with Crippen LogP contribution < -0.4 is 10.1 Å². The van der Waals surface area contributed by atoms with Crippen LogP contribution in [0.1, 0.15) is 31.7 Å². The first-order valence-corrected chi connectivity index (χ1v) is 8.51. The van der Waals surface area contributed by atoms with Gasteiger partial charge in [0.2, 0.25) is 5.88 Å². The summed E-state index contributed by atoms with van der Waals surface area (Å²) in [4.78, 5) is 4.49. The van der Waals surface area contributed by atoms with Gasteiger partial charge < -0.3 is 10.1 Å². The largest absolute Gasteiger partial charge is 0.477 e. The molecule has 0 saturated heterocycles. The van der Waals surface area contributed by atoms with Crippen LogP contribution in [0.5, 0.6) is 5.88 Å². The standard InChI is InChI=1S/C18H21F3N4O/c1-3-13-5-6-14(23-16(13)22-4-2)25-11-7-15(24-25)26-12-10-17(8-9-17)18(19,20)21/h3,5-7,11H,1,4,8-10,12H2,2H3,(H,22,23). The lowest BCUT2D eigenvalue weighted by Crippen LogP contribution is -2.26. The fourth-order valence-electron chi connectivity index (χ4n) is 2.75. The van der Waals surface area contributed by atoms with E-state index < -0.39 is 11.6 Å². The summed E-state index contributed by atoms with van der Waals surface area (Å²) in [5.74, 6) is 1.55. The molecule has 0 radical (unpaired) electrons. The molecule has 5 nitrogen and oxygen atoms in total. The summed E-state index contributed by atoms with van der Waals surface area (Å²) in [5, 5.41) is 7.39. The third-order valence-electron chi connectivity index (χ3n) is 4.56. The molecule has 0 unspecified atom stereocenters. The van der Waals surface area contributed by atoms with Crippen LogP contribution >= 0.6 is 0 Å². The highest BCUT2D eigenvalue weighted by Gasteiger charge is 2.62. The van der Waals surface area contributed by atoms with Crippen molar-refractivity contribution in [1.29, 1.82) is 0 Å². The molecule has 1 fully saturated rings. The summed E-state index contributed by atoms with van der Waals surface area (Å²) in [6, 6.07) is 5.27. The van der Waals surface area contributed by atoms with Gasteiger partial charge >= 0.3 is 6.18 Å². The fraction of sp³-hybridized carbons (Fsp3) is 0.444. The number of anilines is 1. The van der Waals surface area contributed by atoms with E-state index in [1.807, 2.05) is 13.0 Å². The summed E-state index contributed by atoms with van der Waals surface area (Å²) < 4.78 is 45.7. The lowest BCUT2D eigenvalue weighted by Gasteiger charge is -2.18. The van der Waals surface area contributed by atoms with Crippen molar-refractivity contribution < 1.29 is 17.9 Å². The van der Waals surface area contributed by atoms with Gasteiger partial charge in [0.25, 0.3) is 0 Å². The molecular weight excluding hydrogens is 345 g/mol. The van der Waals surface area contributed by atoms with Crippen LogP contribution in [0.2, 0.25) is 0 Å². The summed E-state index contributed by atoms with van der Waals surface area (Å²) in [6.45, 7) is 6.42. The number of halogens is 3. The topological polar surface area (TPSA) is 52.0 Å². The zero-order valence-corrected chi connectivity index (χ0v) is 14.5. The second-order valence-corrected chi connectivity index (χ2v) is 6.32. The highest BCUT2D eigenvalue weighted by molar-refractivity contribution is 5.63. The Morgan fingerprint density at radius 2 is 2.12 bits per heavy atom. The minimum Gasteiger partial charge on any atom is -0.477 e. The Kier molecular flexibility index (Phi) is 4.93. The first-order chi connectivity index (χ1) is 12.4. The molecule has 0 aromatic carbocycles. The van der Waals surface area contributed by atoms with Crippen LogP contribution in [0.25, 0.3) is 11.9 Å². The second kappa shape index (κ2) is 7.01. The van der Waals surface area contributed by atoms with Gasteiger partial charge in [-0.2, -0.15) is 13.2 Å². The van der Waals surface area contributed by atoms with E-state index in [2.05, 4.69) is 22.0 Å². The van der Waals surface area contributed by atoms with Crippen molar-refractivity contribution in [1.82, 2.24) is 14.8 Å². The first kappa shape index (κ1) is 18.3. The van der Waals surface area contributed by atoms with Gasteiger partial charge in [0.1, 0.15) is 5.82 Å². The molecule has 2 aromatic heterocycles. The maximum atomic E-state index is 12.9. The molecule has 0 amide bonds. The first-order valence-electron chi connectivity index (χ1n) is 8.51. The Labute approximate surface area is 149 Å². The van der Waals surface area contributed by atoms with E-state index in [4.69, 9.17) is 4.74 Å². The minimum absolute atomic E-state index is 0.0119. The van der Waals surface area contributed by atoms with Crippen molar-refractivity contribution in [3.8, 4) is 11.7 Å². The minimum atomic E-state index is -4.16. The lowest BCUT2D eigenvalue weighted by atomic mass is 10.0. The lowest BCUT2D eigenvalue weighted by molar-refractivity contribution is -0.190. The summed E-state index contributed by atoms with van der Waals surface area (Å²) >= 11 is 0. The van der Waals surface area contributed by atoms with E-state index in [-0.39, 0.29) is 31.7 Å². The molecule has 2 heterocycles. The van der Waals surface area contributed by atoms with Gasteiger partial charge in [-0.15, -0.1) is 5.10 Å². The molecule has 0 spiro atoms. The van der Waals surface area contributed by atoms with Crippen LogP contribution in [0.3, 0.4) is 0 Å². The summed E-state index contributed by atoms with van der Waals surface area (Å²) in [6.07, 6.45) is -0.462. The van der Waals surface area contributed by atoms with E-state index in [0.717, 1.165) is 5.56 Å². The normalized spacial score (nSPS) is 15.5. The Hall–Kier alpha value is -2.51. The van der Waals surface area contributed by atoms with E-state index in [0.29, 0.717) is 18.2 Å². The monoisotopic (exact) mass is 366 g/mol. The SMILES string of the molecule is C=Cc1ccc(-n2ccc(OCCC3(C(F)(F)F)CC3)n2)nc1NCC. The highest BCUT2D eigenvalue weighted by atomic mass is 19.4. The van der Waals surface area contributed by atoms with Crippen LogP contribution in [-0.4, -0.2) is 34.1 Å². The number of rotatable bonds is 8. The van der Waals surface area contributed by atoms with Gasteiger partial charge in [0.05, 0.1) is 12.0 Å². The van der Waals surface area contributed by atoms with Crippen molar-refractivity contribution >= 4 is 11.9 Å². The number of nitrogens with zero attached hydrogens (tertiary/aromatic N) is 3. The molecule has 2 aromatic rings. The summed E-state index contributed by atoms with van der Waals surface area (Å²) in [5.41, 5.74) is -0.681. The molecule has 0 aliphatic heterocycles. The highest BCUT2D eigenvalue weighted by Crippen LogP contribution is 2.59. The quantitative estimate of drug-likeness (QED) is 0.750. The van der Waals surface area contributed by atoms with Crippen molar-refractivity contribution in [2.24, 2.45) is 5.41 Å². The number of nitrogens with one attached hydrogen (secondary N) is 1. The molecule has 0 bridgehead atoms. The Balaban J connectivity index is 1.65. The smallest absolute Gasteiger partial charge is 0.394 e. The van der Waals surface area contributed by atoms with Gasteiger partial charge in [0, 0.05) is 24.4 Å².